The molecule has 1 heterocycles. The number of Topliss-reactive ketones (excluding diaryl/α,β-unsaturated/α-hetero) is 1. The Morgan fingerprint density at radius 1 is 0.829 bits per heavy atom. The summed E-state index contributed by atoms with van der Waals surface area (Å²) in [5, 5.41) is 30.8. The zero-order valence-corrected chi connectivity index (χ0v) is 20.7. The molecule has 1 aliphatic rings. The number of phenols is 2. The van der Waals surface area contributed by atoms with Gasteiger partial charge in [0.25, 0.3) is 0 Å². The molecule has 2 unspecified atom stereocenters. The van der Waals surface area contributed by atoms with Gasteiger partial charge in [-0.25, -0.2) is 0 Å². The maximum Gasteiger partial charge on any atom is 0.203 e. The third-order valence-electron chi connectivity index (χ3n) is 5.75. The number of unbranched alkanes of at least 4 members (excludes halogenated alkanes) is 3. The van der Waals surface area contributed by atoms with Crippen molar-refractivity contribution in [2.24, 2.45) is 0 Å². The molecule has 0 radical (unpaired) electrons. The summed E-state index contributed by atoms with van der Waals surface area (Å²) in [6.07, 6.45) is 2.77. The highest BCUT2D eigenvalue weighted by molar-refractivity contribution is 6.05. The number of carbonyl (C=O) groups is 1. The van der Waals surface area contributed by atoms with Crippen LogP contribution in [0, 0.1) is 0 Å². The Morgan fingerprint density at radius 3 is 1.91 bits per heavy atom. The molecule has 0 saturated heterocycles. The molecule has 2 aromatic rings. The van der Waals surface area contributed by atoms with E-state index in [1.807, 2.05) is 0 Å². The number of benzene rings is 2. The van der Waals surface area contributed by atoms with Gasteiger partial charge in [0, 0.05) is 17.7 Å². The standard InChI is InChI=1S/C27H36O8/c1-4-7-10-32-21-13-17(14-22(33-11-8-5-2)27(21)34-12-9-6-3)26-25(31)24(30)23-19(29)15-18(28)16-20(23)35-26/h13-16,25-26,28-29,31H,4-12H2,1-3H3. The maximum absolute atomic E-state index is 12.9. The SMILES string of the molecule is CCCCOc1cc(C2Oc3cc(O)cc(O)c3C(=O)C2O)cc(OCCCC)c1OCCCC. The molecular weight excluding hydrogens is 452 g/mol. The monoisotopic (exact) mass is 488 g/mol. The number of aromatic hydroxyl groups is 2. The Balaban J connectivity index is 2.04. The lowest BCUT2D eigenvalue weighted by molar-refractivity contribution is 0.0208. The lowest BCUT2D eigenvalue weighted by Gasteiger charge is -2.31. The van der Waals surface area contributed by atoms with Gasteiger partial charge < -0.3 is 34.3 Å². The van der Waals surface area contributed by atoms with E-state index in [0.717, 1.165) is 44.6 Å². The van der Waals surface area contributed by atoms with Crippen molar-refractivity contribution in [2.45, 2.75) is 71.5 Å². The van der Waals surface area contributed by atoms with Crippen LogP contribution in [0.25, 0.3) is 0 Å². The van der Waals surface area contributed by atoms with Crippen molar-refractivity contribution in [1.82, 2.24) is 0 Å². The van der Waals surface area contributed by atoms with Crippen LogP contribution in [-0.4, -0.2) is 47.0 Å². The van der Waals surface area contributed by atoms with Crippen LogP contribution in [0.1, 0.15) is 81.3 Å². The molecule has 0 aliphatic carbocycles. The molecule has 0 bridgehead atoms. The van der Waals surface area contributed by atoms with Crippen molar-refractivity contribution in [3.8, 4) is 34.5 Å². The number of phenolic OH excluding ortho intramolecular Hbond substituents is 2. The minimum atomic E-state index is -1.57. The molecule has 3 N–H and O–H groups in total. The first-order valence-electron chi connectivity index (χ1n) is 12.4. The Bertz CT molecular complexity index is 972. The fourth-order valence-electron chi connectivity index (χ4n) is 3.75. The highest BCUT2D eigenvalue weighted by Crippen LogP contribution is 2.46. The summed E-state index contributed by atoms with van der Waals surface area (Å²) >= 11 is 0. The van der Waals surface area contributed by atoms with E-state index in [1.165, 1.54) is 6.07 Å². The van der Waals surface area contributed by atoms with Crippen LogP contribution in [0.4, 0.5) is 0 Å². The lowest BCUT2D eigenvalue weighted by Crippen LogP contribution is -2.36. The maximum atomic E-state index is 12.9. The van der Waals surface area contributed by atoms with Gasteiger partial charge in [0.05, 0.1) is 19.8 Å². The third kappa shape index (κ3) is 6.31. The van der Waals surface area contributed by atoms with Gasteiger partial charge in [-0.05, 0) is 31.4 Å². The first-order valence-corrected chi connectivity index (χ1v) is 12.4. The summed E-state index contributed by atoms with van der Waals surface area (Å²) in [5.74, 6) is -0.0169. The second-order valence-corrected chi connectivity index (χ2v) is 8.64. The predicted octanol–water partition coefficient (Wildman–Crippen LogP) is 5.31. The summed E-state index contributed by atoms with van der Waals surface area (Å²) in [6.45, 7) is 7.65. The van der Waals surface area contributed by atoms with Gasteiger partial charge in [-0.1, -0.05) is 40.0 Å². The molecule has 2 atom stereocenters. The first-order chi connectivity index (χ1) is 16.9. The molecule has 1 aliphatic heterocycles. The molecule has 0 spiro atoms. The summed E-state index contributed by atoms with van der Waals surface area (Å²) in [6, 6.07) is 5.66. The van der Waals surface area contributed by atoms with E-state index in [4.69, 9.17) is 18.9 Å². The number of rotatable bonds is 13. The number of hydrogen-bond donors (Lipinski definition) is 3. The Labute approximate surface area is 206 Å². The predicted molar refractivity (Wildman–Crippen MR) is 131 cm³/mol. The topological polar surface area (TPSA) is 115 Å². The number of fused-ring (bicyclic) bond motifs is 1. The summed E-state index contributed by atoms with van der Waals surface area (Å²) in [5.41, 5.74) is 0.296. The summed E-state index contributed by atoms with van der Waals surface area (Å²) < 4.78 is 24.1. The minimum Gasteiger partial charge on any atom is -0.508 e. The van der Waals surface area contributed by atoms with Gasteiger partial charge in [-0.2, -0.15) is 0 Å². The third-order valence-corrected chi connectivity index (χ3v) is 5.75. The van der Waals surface area contributed by atoms with Crippen LogP contribution >= 0.6 is 0 Å². The Kier molecular flexibility index (Phi) is 9.48. The number of ketones is 1. The number of carbonyl (C=O) groups excluding carboxylic acids is 1. The average molecular weight is 489 g/mol. The number of aliphatic hydroxyl groups is 1. The van der Waals surface area contributed by atoms with Gasteiger partial charge >= 0.3 is 0 Å². The highest BCUT2D eigenvalue weighted by atomic mass is 16.5. The van der Waals surface area contributed by atoms with Crippen LogP contribution in [0.5, 0.6) is 34.5 Å². The van der Waals surface area contributed by atoms with Crippen LogP contribution in [0.15, 0.2) is 24.3 Å². The van der Waals surface area contributed by atoms with Crippen LogP contribution < -0.4 is 18.9 Å². The van der Waals surface area contributed by atoms with Crippen LogP contribution in [0.2, 0.25) is 0 Å². The number of hydrogen-bond acceptors (Lipinski definition) is 8. The van der Waals surface area contributed by atoms with E-state index < -0.39 is 23.7 Å². The summed E-state index contributed by atoms with van der Waals surface area (Å²) in [4.78, 5) is 12.9. The zero-order valence-electron chi connectivity index (χ0n) is 20.7. The van der Waals surface area contributed by atoms with E-state index >= 15 is 0 Å². The molecule has 8 nitrogen and oxygen atoms in total. The van der Waals surface area contributed by atoms with E-state index in [2.05, 4.69) is 20.8 Å². The molecule has 2 aromatic carbocycles. The average Bonchev–Trinajstić information content (AvgIpc) is 2.82. The first kappa shape index (κ1) is 26.5. The molecule has 0 amide bonds. The van der Waals surface area contributed by atoms with Crippen molar-refractivity contribution in [3.05, 3.63) is 35.4 Å². The molecule has 0 aromatic heterocycles. The van der Waals surface area contributed by atoms with Crippen molar-refractivity contribution in [3.63, 3.8) is 0 Å². The minimum absolute atomic E-state index is 0.00650. The van der Waals surface area contributed by atoms with E-state index in [9.17, 15) is 20.1 Å². The Morgan fingerprint density at radius 2 is 1.37 bits per heavy atom. The molecule has 8 heteroatoms. The largest absolute Gasteiger partial charge is 0.508 e. The smallest absolute Gasteiger partial charge is 0.203 e. The Hall–Kier alpha value is -3.13. The summed E-state index contributed by atoms with van der Waals surface area (Å²) in [7, 11) is 0. The number of ether oxygens (including phenoxy) is 4. The van der Waals surface area contributed by atoms with E-state index in [1.54, 1.807) is 12.1 Å². The van der Waals surface area contributed by atoms with Crippen LogP contribution in [-0.2, 0) is 0 Å². The molecule has 0 saturated carbocycles. The van der Waals surface area contributed by atoms with E-state index in [0.29, 0.717) is 42.6 Å². The second-order valence-electron chi connectivity index (χ2n) is 8.64. The molecular formula is C27H36O8. The fraction of sp³-hybridized carbons (Fsp3) is 0.519. The van der Waals surface area contributed by atoms with Gasteiger partial charge in [-0.15, -0.1) is 0 Å². The second kappa shape index (κ2) is 12.5. The van der Waals surface area contributed by atoms with Crippen molar-refractivity contribution in [2.75, 3.05) is 19.8 Å². The van der Waals surface area contributed by atoms with Crippen molar-refractivity contribution < 1.29 is 39.1 Å². The number of aliphatic hydroxyl groups excluding tert-OH is 1. The molecule has 35 heavy (non-hydrogen) atoms. The van der Waals surface area contributed by atoms with Crippen LogP contribution in [0.3, 0.4) is 0 Å². The quantitative estimate of drug-likeness (QED) is 0.325. The lowest BCUT2D eigenvalue weighted by atomic mass is 9.92. The van der Waals surface area contributed by atoms with Gasteiger partial charge in [0.15, 0.2) is 23.7 Å². The fourth-order valence-corrected chi connectivity index (χ4v) is 3.75. The van der Waals surface area contributed by atoms with E-state index in [-0.39, 0.29) is 17.1 Å². The van der Waals surface area contributed by atoms with Crippen molar-refractivity contribution in [1.29, 1.82) is 0 Å². The van der Waals surface area contributed by atoms with Gasteiger partial charge in [0.1, 0.15) is 22.8 Å². The highest BCUT2D eigenvalue weighted by Gasteiger charge is 2.40. The molecule has 0 fully saturated rings. The molecule has 192 valence electrons. The van der Waals surface area contributed by atoms with Crippen molar-refractivity contribution >= 4 is 5.78 Å². The van der Waals surface area contributed by atoms with Gasteiger partial charge in [-0.3, -0.25) is 4.79 Å². The normalized spacial score (nSPS) is 17.0. The zero-order chi connectivity index (χ0) is 25.4. The van der Waals surface area contributed by atoms with Gasteiger partial charge in [0.2, 0.25) is 11.5 Å². The molecule has 3 rings (SSSR count).